The molecular formula is C28H28N4O4. The summed E-state index contributed by atoms with van der Waals surface area (Å²) in [6, 6.07) is 18.1. The van der Waals surface area contributed by atoms with Crippen molar-refractivity contribution < 1.29 is 19.1 Å². The van der Waals surface area contributed by atoms with Gasteiger partial charge in [0.25, 0.3) is 17.6 Å². The second-order valence-electron chi connectivity index (χ2n) is 8.54. The number of hydrogen-bond donors (Lipinski definition) is 3. The van der Waals surface area contributed by atoms with Crippen LogP contribution >= 0.6 is 0 Å². The minimum absolute atomic E-state index is 0.0558. The van der Waals surface area contributed by atoms with Gasteiger partial charge in [0.05, 0.1) is 12.7 Å². The van der Waals surface area contributed by atoms with Gasteiger partial charge in [-0.15, -0.1) is 0 Å². The topological polar surface area (TPSA) is 110 Å². The van der Waals surface area contributed by atoms with Crippen molar-refractivity contribution in [2.24, 2.45) is 0 Å². The average Bonchev–Trinajstić information content (AvgIpc) is 3.17. The molecule has 8 heteroatoms. The number of rotatable bonds is 6. The smallest absolute Gasteiger partial charge is 0.300 e. The van der Waals surface area contributed by atoms with Crippen LogP contribution in [0.3, 0.4) is 0 Å². The van der Waals surface area contributed by atoms with Crippen LogP contribution in [0.25, 0.3) is 22.5 Å². The van der Waals surface area contributed by atoms with E-state index < -0.39 is 5.91 Å². The normalized spacial score (nSPS) is 10.7. The molecule has 4 aromatic rings. The lowest BCUT2D eigenvalue weighted by atomic mass is 9.93. The number of anilines is 1. The number of H-pyrrole nitrogens is 1. The summed E-state index contributed by atoms with van der Waals surface area (Å²) in [7, 11) is 3.14. The fourth-order valence-corrected chi connectivity index (χ4v) is 4.37. The van der Waals surface area contributed by atoms with Gasteiger partial charge in [0.15, 0.2) is 5.69 Å². The largest absolute Gasteiger partial charge is 0.710 e. The minimum Gasteiger partial charge on any atom is -0.710 e. The van der Waals surface area contributed by atoms with E-state index in [2.05, 4.69) is 15.6 Å². The van der Waals surface area contributed by atoms with E-state index in [-0.39, 0.29) is 17.4 Å². The maximum absolute atomic E-state index is 13.3. The van der Waals surface area contributed by atoms with Gasteiger partial charge in [0.2, 0.25) is 5.69 Å². The van der Waals surface area contributed by atoms with Gasteiger partial charge < -0.3 is 20.6 Å². The molecule has 0 aliphatic carbocycles. The number of hydrogen-bond acceptors (Lipinski definition) is 4. The molecule has 0 fully saturated rings. The summed E-state index contributed by atoms with van der Waals surface area (Å²) >= 11 is 0. The number of benzene rings is 3. The van der Waals surface area contributed by atoms with Crippen molar-refractivity contribution in [2.45, 2.75) is 20.8 Å². The highest BCUT2D eigenvalue weighted by molar-refractivity contribution is 6.04. The third-order valence-corrected chi connectivity index (χ3v) is 6.12. The molecule has 3 aromatic carbocycles. The Morgan fingerprint density at radius 2 is 1.64 bits per heavy atom. The molecule has 1 aromatic heterocycles. The quantitative estimate of drug-likeness (QED) is 0.276. The Labute approximate surface area is 209 Å². The van der Waals surface area contributed by atoms with Crippen LogP contribution < -0.4 is 20.1 Å². The molecule has 0 unspecified atom stereocenters. The van der Waals surface area contributed by atoms with E-state index in [9.17, 15) is 14.8 Å². The molecule has 3 N–H and O–H groups in total. The summed E-state index contributed by atoms with van der Waals surface area (Å²) in [6.07, 6.45) is 0. The summed E-state index contributed by atoms with van der Waals surface area (Å²) in [5.41, 5.74) is 5.85. The van der Waals surface area contributed by atoms with Crippen LogP contribution in [0.15, 0.2) is 60.7 Å². The lowest BCUT2D eigenvalue weighted by Crippen LogP contribution is -2.36. The van der Waals surface area contributed by atoms with Crippen LogP contribution in [0.5, 0.6) is 5.75 Å². The average molecular weight is 485 g/mol. The summed E-state index contributed by atoms with van der Waals surface area (Å²) in [5.74, 6) is 0.0737. The first-order chi connectivity index (χ1) is 17.2. The Kier molecular flexibility index (Phi) is 6.78. The zero-order chi connectivity index (χ0) is 26.0. The van der Waals surface area contributed by atoms with E-state index in [0.29, 0.717) is 33.0 Å². The van der Waals surface area contributed by atoms with Crippen molar-refractivity contribution in [3.05, 3.63) is 93.9 Å². The van der Waals surface area contributed by atoms with Crippen molar-refractivity contribution in [3.63, 3.8) is 0 Å². The van der Waals surface area contributed by atoms with Crippen LogP contribution in [0.2, 0.25) is 0 Å². The number of ether oxygens (including phenoxy) is 1. The van der Waals surface area contributed by atoms with E-state index in [0.717, 1.165) is 22.3 Å². The summed E-state index contributed by atoms with van der Waals surface area (Å²) < 4.78 is 6.21. The number of aromatic nitrogens is 2. The van der Waals surface area contributed by atoms with Crippen molar-refractivity contribution >= 4 is 17.5 Å². The molecule has 184 valence electrons. The number of imidazole rings is 1. The van der Waals surface area contributed by atoms with Crippen LogP contribution in [0.1, 0.15) is 37.7 Å². The van der Waals surface area contributed by atoms with Gasteiger partial charge >= 0.3 is 0 Å². The van der Waals surface area contributed by atoms with Crippen molar-refractivity contribution in [3.8, 4) is 28.3 Å². The molecule has 0 aliphatic heterocycles. The van der Waals surface area contributed by atoms with Gasteiger partial charge in [-0.2, -0.15) is 0 Å². The Hall–Kier alpha value is -4.59. The zero-order valence-electron chi connectivity index (χ0n) is 20.9. The monoisotopic (exact) mass is 484 g/mol. The van der Waals surface area contributed by atoms with Gasteiger partial charge in [0, 0.05) is 30.8 Å². The zero-order valence-corrected chi connectivity index (χ0v) is 20.9. The lowest BCUT2D eigenvalue weighted by molar-refractivity contribution is -0.594. The highest BCUT2D eigenvalue weighted by Gasteiger charge is 2.26. The molecule has 0 bridgehead atoms. The standard InChI is InChI=1S/C28H28N4O4/c1-16-8-6-9-17(2)24(16)22-15-19(12-13-23(22)36-5)26-30-18(3)25(32(26)35)28(34)31-21-11-7-10-20(14-21)27(33)29-4/h6-15,30H,1-5H3,(H,29,33)(H,31,34). The van der Waals surface area contributed by atoms with Crippen molar-refractivity contribution in [1.29, 1.82) is 0 Å². The number of methoxy groups -OCH3 is 1. The van der Waals surface area contributed by atoms with E-state index in [1.165, 1.54) is 7.05 Å². The van der Waals surface area contributed by atoms with E-state index >= 15 is 0 Å². The summed E-state index contributed by atoms with van der Waals surface area (Å²) in [6.45, 7) is 5.73. The van der Waals surface area contributed by atoms with Crippen LogP contribution in [0.4, 0.5) is 5.69 Å². The molecule has 0 aliphatic rings. The lowest BCUT2D eigenvalue weighted by Gasteiger charge is -2.15. The fraction of sp³-hybridized carbons (Fsp3) is 0.179. The van der Waals surface area contributed by atoms with E-state index in [4.69, 9.17) is 4.74 Å². The fourth-order valence-electron chi connectivity index (χ4n) is 4.37. The van der Waals surface area contributed by atoms with E-state index in [1.807, 2.05) is 44.2 Å². The molecule has 1 heterocycles. The molecule has 2 amide bonds. The number of amides is 2. The summed E-state index contributed by atoms with van der Waals surface area (Å²) in [4.78, 5) is 28.0. The van der Waals surface area contributed by atoms with Crippen LogP contribution in [-0.2, 0) is 0 Å². The predicted octanol–water partition coefficient (Wildman–Crippen LogP) is 4.53. The molecule has 0 saturated heterocycles. The number of nitrogens with zero attached hydrogens (tertiary/aromatic N) is 1. The van der Waals surface area contributed by atoms with Gasteiger partial charge in [-0.25, -0.2) is 9.71 Å². The van der Waals surface area contributed by atoms with Gasteiger partial charge in [-0.1, -0.05) is 24.3 Å². The molecule has 0 radical (unpaired) electrons. The molecule has 4 rings (SSSR count). The maximum Gasteiger partial charge on any atom is 0.300 e. The first-order valence-electron chi connectivity index (χ1n) is 11.5. The third-order valence-electron chi connectivity index (χ3n) is 6.12. The number of aryl methyl sites for hydroxylation is 3. The molecule has 0 atom stereocenters. The predicted molar refractivity (Wildman–Crippen MR) is 139 cm³/mol. The van der Waals surface area contributed by atoms with Crippen LogP contribution in [0, 0.1) is 26.0 Å². The Bertz CT molecular complexity index is 1450. The second kappa shape index (κ2) is 9.95. The Morgan fingerprint density at radius 3 is 2.31 bits per heavy atom. The number of carbonyl (C=O) groups is 2. The minimum atomic E-state index is -0.581. The van der Waals surface area contributed by atoms with Crippen molar-refractivity contribution in [2.75, 3.05) is 19.5 Å². The number of aromatic amines is 1. The van der Waals surface area contributed by atoms with E-state index in [1.54, 1.807) is 44.4 Å². The molecular weight excluding hydrogens is 456 g/mol. The van der Waals surface area contributed by atoms with Crippen LogP contribution in [-0.4, -0.2) is 31.0 Å². The first kappa shape index (κ1) is 24.5. The molecule has 36 heavy (non-hydrogen) atoms. The maximum atomic E-state index is 13.3. The number of carbonyl (C=O) groups excluding carboxylic acids is 2. The second-order valence-corrected chi connectivity index (χ2v) is 8.54. The SMILES string of the molecule is CNC(=O)c1cccc(NC(=O)c2c(C)[nH]c(-c3ccc(OC)c(-c4c(C)cccc4C)c3)[n+]2[O-])c1. The Balaban J connectivity index is 1.73. The van der Waals surface area contributed by atoms with Gasteiger partial charge in [-0.05, 0) is 66.9 Å². The Morgan fingerprint density at radius 1 is 0.944 bits per heavy atom. The first-order valence-corrected chi connectivity index (χ1v) is 11.5. The summed E-state index contributed by atoms with van der Waals surface area (Å²) in [5, 5.41) is 18.6. The number of nitrogens with one attached hydrogen (secondary N) is 3. The van der Waals surface area contributed by atoms with Gasteiger partial charge in [-0.3, -0.25) is 9.59 Å². The molecule has 8 nitrogen and oxygen atoms in total. The molecule has 0 saturated carbocycles. The molecule has 0 spiro atoms. The highest BCUT2D eigenvalue weighted by Crippen LogP contribution is 2.37. The van der Waals surface area contributed by atoms with Gasteiger partial charge in [0.1, 0.15) is 5.75 Å². The third kappa shape index (κ3) is 4.53. The highest BCUT2D eigenvalue weighted by atomic mass is 16.5. The van der Waals surface area contributed by atoms with Crippen molar-refractivity contribution in [1.82, 2.24) is 10.3 Å².